The second-order valence-corrected chi connectivity index (χ2v) is 2.50. The Labute approximate surface area is 154 Å². The van der Waals surface area contributed by atoms with Gasteiger partial charge in [-0.25, -0.2) is 0 Å². The highest BCUT2D eigenvalue weighted by molar-refractivity contribution is 4.37. The van der Waals surface area contributed by atoms with Gasteiger partial charge in [0.25, 0.3) is 0 Å². The highest BCUT2D eigenvalue weighted by Crippen LogP contribution is 1.97. The third kappa shape index (κ3) is 406. The molecule has 2 N–H and O–H groups in total. The summed E-state index contributed by atoms with van der Waals surface area (Å²) in [4.78, 5) is 0. The van der Waals surface area contributed by atoms with Crippen molar-refractivity contribution >= 4 is 0 Å². The lowest BCUT2D eigenvalue weighted by Crippen LogP contribution is -1.86. The lowest BCUT2D eigenvalue weighted by molar-refractivity contribution is 0.186. The first-order chi connectivity index (χ1) is 11.8. The van der Waals surface area contributed by atoms with Gasteiger partial charge >= 0.3 is 0 Å². The topological polar surface area (TPSA) is 49.7 Å². The summed E-state index contributed by atoms with van der Waals surface area (Å²) in [6.07, 6.45) is 5.21. The van der Waals surface area contributed by atoms with Gasteiger partial charge in [0.05, 0.1) is 13.2 Å². The molecule has 0 aliphatic carbocycles. The van der Waals surface area contributed by atoms with Crippen LogP contribution in [0.15, 0.2) is 78.9 Å². The molecule has 0 rings (SSSR count). The normalized spacial score (nSPS) is 5.50. The summed E-state index contributed by atoms with van der Waals surface area (Å²) < 4.78 is 4.89. The van der Waals surface area contributed by atoms with E-state index >= 15 is 0 Å². The number of ether oxygens (including phenoxy) is 1. The Hall–Kier alpha value is -1.68. The number of unbranched alkanes of at least 4 members (excludes halogenated alkanes) is 3. The van der Waals surface area contributed by atoms with Gasteiger partial charge in [-0.3, -0.25) is 0 Å². The van der Waals surface area contributed by atoms with Gasteiger partial charge in [-0.1, -0.05) is 26.2 Å². The zero-order valence-electron chi connectivity index (χ0n) is 16.7. The lowest BCUT2D eigenvalue weighted by Gasteiger charge is -1.95. The van der Waals surface area contributed by atoms with Crippen molar-refractivity contribution in [1.29, 1.82) is 0 Å². The quantitative estimate of drug-likeness (QED) is 0.458. The molecule has 0 saturated carbocycles. The molecule has 0 aromatic carbocycles. The van der Waals surface area contributed by atoms with Gasteiger partial charge in [0.1, 0.15) is 0 Å². The second kappa shape index (κ2) is 220. The van der Waals surface area contributed by atoms with E-state index in [2.05, 4.69) is 85.9 Å². The minimum absolute atomic E-state index is 0.125. The van der Waals surface area contributed by atoms with E-state index in [0.29, 0.717) is 0 Å². The lowest BCUT2D eigenvalue weighted by atomic mass is 10.2. The Morgan fingerprint density at radius 2 is 0.875 bits per heavy atom. The SMILES string of the molecule is C=C.C=C.C=C.C=C.C=C.C=C.CCCCCCOC.OCCO. The fourth-order valence-corrected chi connectivity index (χ4v) is 0.673. The minimum atomic E-state index is -0.125. The molecule has 0 aromatic heterocycles. The van der Waals surface area contributed by atoms with Crippen LogP contribution in [0.25, 0.3) is 0 Å². The largest absolute Gasteiger partial charge is 0.394 e. The first-order valence-corrected chi connectivity index (χ1v) is 7.54. The van der Waals surface area contributed by atoms with Crippen LogP contribution in [0.5, 0.6) is 0 Å². The fraction of sp³-hybridized carbons (Fsp3) is 0.429. The van der Waals surface area contributed by atoms with Crippen LogP contribution >= 0.6 is 0 Å². The number of rotatable bonds is 6. The highest BCUT2D eigenvalue weighted by atomic mass is 16.5. The molecule has 0 fully saturated rings. The van der Waals surface area contributed by atoms with Crippen LogP contribution in [0.1, 0.15) is 32.6 Å². The Morgan fingerprint density at radius 1 is 0.583 bits per heavy atom. The zero-order chi connectivity index (χ0) is 21.7. The number of methoxy groups -OCH3 is 1. The number of hydrogen-bond acceptors (Lipinski definition) is 3. The number of hydrogen-bond donors (Lipinski definition) is 2. The van der Waals surface area contributed by atoms with Crippen molar-refractivity contribution in [2.75, 3.05) is 26.9 Å². The summed E-state index contributed by atoms with van der Waals surface area (Å²) >= 11 is 0. The maximum Gasteiger partial charge on any atom is 0.0662 e. The van der Waals surface area contributed by atoms with Crippen molar-refractivity contribution in [3.63, 3.8) is 0 Å². The van der Waals surface area contributed by atoms with Gasteiger partial charge in [-0.15, -0.1) is 78.9 Å². The summed E-state index contributed by atoms with van der Waals surface area (Å²) in [5.41, 5.74) is 0. The average Bonchev–Trinajstić information content (AvgIpc) is 2.74. The molecule has 0 heterocycles. The van der Waals surface area contributed by atoms with Crippen molar-refractivity contribution in [1.82, 2.24) is 0 Å². The molecule has 0 radical (unpaired) electrons. The molecule has 24 heavy (non-hydrogen) atoms. The Morgan fingerprint density at radius 3 is 1.04 bits per heavy atom. The molecule has 0 amide bonds. The van der Waals surface area contributed by atoms with Crippen LogP contribution in [0.4, 0.5) is 0 Å². The third-order valence-corrected chi connectivity index (χ3v) is 1.30. The number of aliphatic hydroxyl groups excluding tert-OH is 2. The van der Waals surface area contributed by atoms with Crippen LogP contribution in [-0.2, 0) is 4.74 Å². The first-order valence-electron chi connectivity index (χ1n) is 7.54. The molecular weight excluding hydrogens is 300 g/mol. The zero-order valence-corrected chi connectivity index (χ0v) is 16.7. The van der Waals surface area contributed by atoms with Crippen molar-refractivity contribution in [3.8, 4) is 0 Å². The number of aliphatic hydroxyl groups is 2. The second-order valence-electron chi connectivity index (χ2n) is 2.50. The van der Waals surface area contributed by atoms with Gasteiger partial charge in [0, 0.05) is 13.7 Å². The predicted molar refractivity (Wildman–Crippen MR) is 118 cm³/mol. The Kier molecular flexibility index (Phi) is 454. The van der Waals surface area contributed by atoms with Crippen molar-refractivity contribution in [2.45, 2.75) is 32.6 Å². The van der Waals surface area contributed by atoms with E-state index < -0.39 is 0 Å². The summed E-state index contributed by atoms with van der Waals surface area (Å²) in [7, 11) is 1.76. The Balaban J connectivity index is -0.0000000229. The molecule has 0 aliphatic heterocycles. The van der Waals surface area contributed by atoms with Gasteiger partial charge in [-0.2, -0.15) is 0 Å². The molecule has 0 bridgehead atoms. The minimum Gasteiger partial charge on any atom is -0.394 e. The highest BCUT2D eigenvalue weighted by Gasteiger charge is 1.83. The summed E-state index contributed by atoms with van der Waals surface area (Å²) in [5, 5.41) is 15.2. The predicted octanol–water partition coefficient (Wildman–Crippen LogP) is 6.00. The molecule has 148 valence electrons. The van der Waals surface area contributed by atoms with Gasteiger partial charge in [0.2, 0.25) is 0 Å². The van der Waals surface area contributed by atoms with Crippen molar-refractivity contribution in [2.24, 2.45) is 0 Å². The fourth-order valence-electron chi connectivity index (χ4n) is 0.673. The van der Waals surface area contributed by atoms with E-state index in [9.17, 15) is 0 Å². The summed E-state index contributed by atoms with van der Waals surface area (Å²) in [5.74, 6) is 0. The van der Waals surface area contributed by atoms with E-state index in [0.717, 1.165) is 6.61 Å². The molecule has 0 unspecified atom stereocenters. The molecule has 3 heteroatoms. The monoisotopic (exact) mass is 346 g/mol. The molecule has 0 spiro atoms. The first kappa shape index (κ1) is 49.5. The third-order valence-electron chi connectivity index (χ3n) is 1.30. The van der Waals surface area contributed by atoms with E-state index in [1.807, 2.05) is 0 Å². The van der Waals surface area contributed by atoms with Crippen LogP contribution in [0.3, 0.4) is 0 Å². The van der Waals surface area contributed by atoms with Crippen molar-refractivity contribution in [3.05, 3.63) is 78.9 Å². The van der Waals surface area contributed by atoms with E-state index in [1.54, 1.807) is 7.11 Å². The summed E-state index contributed by atoms with van der Waals surface area (Å²) in [6.45, 7) is 38.9. The molecular formula is C21H46O3. The van der Waals surface area contributed by atoms with Crippen molar-refractivity contribution < 1.29 is 14.9 Å². The molecule has 0 aromatic rings. The Bertz CT molecular complexity index is 96.1. The molecule has 0 aliphatic rings. The standard InChI is InChI=1S/C7H16O.C2H6O2.6C2H4/c1-3-4-5-6-7-8-2;3-1-2-4;6*1-2/h3-7H2,1-2H3;3-4H,1-2H2;6*1-2H2. The van der Waals surface area contributed by atoms with Gasteiger partial charge < -0.3 is 14.9 Å². The molecule has 3 nitrogen and oxygen atoms in total. The van der Waals surface area contributed by atoms with Gasteiger partial charge in [-0.05, 0) is 6.42 Å². The van der Waals surface area contributed by atoms with Crippen LogP contribution in [-0.4, -0.2) is 37.1 Å². The van der Waals surface area contributed by atoms with Crippen LogP contribution < -0.4 is 0 Å². The van der Waals surface area contributed by atoms with E-state index in [4.69, 9.17) is 14.9 Å². The van der Waals surface area contributed by atoms with Crippen LogP contribution in [0, 0.1) is 0 Å². The van der Waals surface area contributed by atoms with Crippen LogP contribution in [0.2, 0.25) is 0 Å². The van der Waals surface area contributed by atoms with E-state index in [1.165, 1.54) is 25.7 Å². The average molecular weight is 347 g/mol. The van der Waals surface area contributed by atoms with Gasteiger partial charge in [0.15, 0.2) is 0 Å². The maximum absolute atomic E-state index is 7.62. The smallest absolute Gasteiger partial charge is 0.0662 e. The summed E-state index contributed by atoms with van der Waals surface area (Å²) in [6, 6.07) is 0. The molecule has 0 saturated heterocycles. The maximum atomic E-state index is 7.62. The van der Waals surface area contributed by atoms with E-state index in [-0.39, 0.29) is 13.2 Å². The molecule has 0 atom stereocenters.